The SMILES string of the molecule is CC(=O)O[C@@H]1C/C(C)=C/CC/C(C)=C/CCC2=C[C@@H](OC2=O)[C@@H]1C(C)C. The molecule has 0 saturated heterocycles. The highest BCUT2D eigenvalue weighted by atomic mass is 16.6. The van der Waals surface area contributed by atoms with Crippen LogP contribution in [-0.4, -0.2) is 24.1 Å². The Hall–Kier alpha value is -1.84. The molecule has 0 unspecified atom stereocenters. The molecule has 0 aromatic rings. The van der Waals surface area contributed by atoms with E-state index in [4.69, 9.17) is 9.47 Å². The van der Waals surface area contributed by atoms with Gasteiger partial charge in [-0.2, -0.15) is 0 Å². The topological polar surface area (TPSA) is 52.6 Å². The third-order valence-electron chi connectivity index (χ3n) is 5.23. The molecule has 0 spiro atoms. The Kier molecular flexibility index (Phi) is 7.24. The van der Waals surface area contributed by atoms with Gasteiger partial charge < -0.3 is 9.47 Å². The molecule has 26 heavy (non-hydrogen) atoms. The maximum atomic E-state index is 12.3. The minimum Gasteiger partial charge on any atom is -0.462 e. The van der Waals surface area contributed by atoms with Crippen molar-refractivity contribution in [3.05, 3.63) is 34.9 Å². The van der Waals surface area contributed by atoms with Crippen LogP contribution in [0.5, 0.6) is 0 Å². The summed E-state index contributed by atoms with van der Waals surface area (Å²) in [6.07, 6.45) is 9.99. The van der Waals surface area contributed by atoms with Gasteiger partial charge in [0.2, 0.25) is 0 Å². The number of allylic oxidation sites excluding steroid dienone is 3. The predicted molar refractivity (Wildman–Crippen MR) is 102 cm³/mol. The molecule has 0 aromatic carbocycles. The lowest BCUT2D eigenvalue weighted by Gasteiger charge is -2.33. The van der Waals surface area contributed by atoms with Gasteiger partial charge in [-0.3, -0.25) is 4.79 Å². The lowest BCUT2D eigenvalue weighted by Crippen LogP contribution is -2.38. The Morgan fingerprint density at radius 2 is 1.81 bits per heavy atom. The molecule has 0 saturated carbocycles. The van der Waals surface area contributed by atoms with Crippen molar-refractivity contribution in [2.75, 3.05) is 0 Å². The molecule has 1 aliphatic heterocycles. The fraction of sp³-hybridized carbons (Fsp3) is 0.636. The Morgan fingerprint density at radius 1 is 1.15 bits per heavy atom. The minimum atomic E-state index is -0.331. The number of hydrogen-bond donors (Lipinski definition) is 0. The van der Waals surface area contributed by atoms with Gasteiger partial charge in [-0.05, 0) is 51.5 Å². The van der Waals surface area contributed by atoms with Gasteiger partial charge in [-0.25, -0.2) is 4.79 Å². The van der Waals surface area contributed by atoms with E-state index in [0.717, 1.165) is 24.8 Å². The summed E-state index contributed by atoms with van der Waals surface area (Å²) in [5.74, 6) is -0.350. The van der Waals surface area contributed by atoms with Gasteiger partial charge in [0.1, 0.15) is 12.2 Å². The average Bonchev–Trinajstić information content (AvgIpc) is 2.86. The van der Waals surface area contributed by atoms with Crippen LogP contribution in [0.3, 0.4) is 0 Å². The lowest BCUT2D eigenvalue weighted by molar-refractivity contribution is -0.155. The smallest absolute Gasteiger partial charge is 0.334 e. The van der Waals surface area contributed by atoms with Gasteiger partial charge in [-0.15, -0.1) is 0 Å². The number of carbonyl (C=O) groups is 2. The van der Waals surface area contributed by atoms with Crippen LogP contribution in [0.2, 0.25) is 0 Å². The molecule has 1 heterocycles. The molecule has 0 N–H and O–H groups in total. The van der Waals surface area contributed by atoms with Gasteiger partial charge in [0, 0.05) is 24.8 Å². The maximum absolute atomic E-state index is 12.3. The second-order valence-electron chi connectivity index (χ2n) is 7.91. The minimum absolute atomic E-state index is 0.0519. The Bertz CT molecular complexity index is 624. The molecule has 0 amide bonds. The van der Waals surface area contributed by atoms with Gasteiger partial charge in [0.15, 0.2) is 0 Å². The van der Waals surface area contributed by atoms with E-state index >= 15 is 0 Å². The van der Waals surface area contributed by atoms with Crippen LogP contribution < -0.4 is 0 Å². The zero-order valence-electron chi connectivity index (χ0n) is 16.7. The summed E-state index contributed by atoms with van der Waals surface area (Å²) < 4.78 is 11.4. The highest BCUT2D eigenvalue weighted by molar-refractivity contribution is 5.90. The zero-order chi connectivity index (χ0) is 19.3. The van der Waals surface area contributed by atoms with Crippen LogP contribution in [-0.2, 0) is 19.1 Å². The van der Waals surface area contributed by atoms with Gasteiger partial charge in [0.25, 0.3) is 0 Å². The normalized spacial score (nSPS) is 31.8. The standard InChI is InChI=1S/C22H32O4/c1-14(2)21-19(25-17(5)23)12-16(4)10-6-8-15(3)9-7-11-18-13-20(21)26-22(18)24/h9-10,13-14,19-21H,6-8,11-12H2,1-5H3/b15-9+,16-10+/t19-,20-,21-/m1/s1. The summed E-state index contributed by atoms with van der Waals surface area (Å²) in [7, 11) is 0. The summed E-state index contributed by atoms with van der Waals surface area (Å²) in [5, 5.41) is 0. The largest absolute Gasteiger partial charge is 0.462 e. The van der Waals surface area contributed by atoms with E-state index in [2.05, 4.69) is 39.8 Å². The van der Waals surface area contributed by atoms with Crippen molar-refractivity contribution in [1.82, 2.24) is 0 Å². The maximum Gasteiger partial charge on any atom is 0.334 e. The van der Waals surface area contributed by atoms with Crippen LogP contribution in [0.25, 0.3) is 0 Å². The van der Waals surface area contributed by atoms with E-state index in [9.17, 15) is 9.59 Å². The molecule has 0 radical (unpaired) electrons. The zero-order valence-corrected chi connectivity index (χ0v) is 16.7. The summed E-state index contributed by atoms with van der Waals surface area (Å²) in [4.78, 5) is 24.0. The molecule has 0 aromatic heterocycles. The summed E-state index contributed by atoms with van der Waals surface area (Å²) in [6, 6.07) is 0. The summed E-state index contributed by atoms with van der Waals surface area (Å²) in [5.41, 5.74) is 3.29. The van der Waals surface area contributed by atoms with Crippen molar-refractivity contribution < 1.29 is 19.1 Å². The molecule has 2 rings (SSSR count). The molecule has 144 valence electrons. The van der Waals surface area contributed by atoms with Crippen molar-refractivity contribution in [1.29, 1.82) is 0 Å². The number of ether oxygens (including phenoxy) is 2. The Labute approximate surface area is 157 Å². The van der Waals surface area contributed by atoms with Crippen molar-refractivity contribution in [3.8, 4) is 0 Å². The first-order valence-electron chi connectivity index (χ1n) is 9.68. The van der Waals surface area contributed by atoms with Crippen molar-refractivity contribution in [2.45, 2.75) is 78.9 Å². The van der Waals surface area contributed by atoms with Crippen LogP contribution in [0, 0.1) is 11.8 Å². The molecule has 4 heteroatoms. The molecule has 3 atom stereocenters. The predicted octanol–water partition coefficient (Wildman–Crippen LogP) is 4.90. The summed E-state index contributed by atoms with van der Waals surface area (Å²) >= 11 is 0. The number of fused-ring (bicyclic) bond motifs is 1. The molecule has 1 aliphatic carbocycles. The third-order valence-corrected chi connectivity index (χ3v) is 5.23. The molecule has 2 aliphatic rings. The second-order valence-corrected chi connectivity index (χ2v) is 7.91. The highest BCUT2D eigenvalue weighted by Gasteiger charge is 2.39. The number of esters is 2. The third kappa shape index (κ3) is 5.58. The van der Waals surface area contributed by atoms with E-state index < -0.39 is 0 Å². The fourth-order valence-corrected chi connectivity index (χ4v) is 3.89. The first-order valence-corrected chi connectivity index (χ1v) is 9.68. The quantitative estimate of drug-likeness (QED) is 0.519. The summed E-state index contributed by atoms with van der Waals surface area (Å²) in [6.45, 7) is 9.85. The number of rotatable bonds is 2. The van der Waals surface area contributed by atoms with Crippen LogP contribution in [0.15, 0.2) is 34.9 Å². The van der Waals surface area contributed by atoms with Gasteiger partial charge in [0.05, 0.1) is 0 Å². The van der Waals surface area contributed by atoms with E-state index in [1.165, 1.54) is 18.1 Å². The monoisotopic (exact) mass is 360 g/mol. The lowest BCUT2D eigenvalue weighted by atomic mass is 9.82. The number of hydrogen-bond acceptors (Lipinski definition) is 4. The van der Waals surface area contributed by atoms with Crippen molar-refractivity contribution in [3.63, 3.8) is 0 Å². The van der Waals surface area contributed by atoms with Crippen LogP contribution >= 0.6 is 0 Å². The van der Waals surface area contributed by atoms with E-state index in [1.54, 1.807) is 0 Å². The Balaban J connectivity index is 2.37. The fourth-order valence-electron chi connectivity index (χ4n) is 3.89. The number of carbonyl (C=O) groups excluding carboxylic acids is 2. The molecule has 0 fully saturated rings. The molecular weight excluding hydrogens is 328 g/mol. The molecule has 4 nitrogen and oxygen atoms in total. The highest BCUT2D eigenvalue weighted by Crippen LogP contribution is 2.34. The molecular formula is C22H32O4. The van der Waals surface area contributed by atoms with Crippen molar-refractivity contribution in [2.24, 2.45) is 11.8 Å². The van der Waals surface area contributed by atoms with E-state index in [-0.39, 0.29) is 36.0 Å². The second kappa shape index (κ2) is 9.20. The van der Waals surface area contributed by atoms with E-state index in [1.807, 2.05) is 6.08 Å². The van der Waals surface area contributed by atoms with Gasteiger partial charge in [-0.1, -0.05) is 37.1 Å². The Morgan fingerprint density at radius 3 is 2.46 bits per heavy atom. The first kappa shape index (κ1) is 20.5. The van der Waals surface area contributed by atoms with E-state index in [0.29, 0.717) is 12.8 Å². The van der Waals surface area contributed by atoms with Crippen molar-refractivity contribution >= 4 is 11.9 Å². The van der Waals surface area contributed by atoms with Gasteiger partial charge >= 0.3 is 11.9 Å². The van der Waals surface area contributed by atoms with Crippen LogP contribution in [0.4, 0.5) is 0 Å². The van der Waals surface area contributed by atoms with Crippen LogP contribution in [0.1, 0.15) is 66.7 Å². The first-order chi connectivity index (χ1) is 12.3. The molecule has 2 bridgehead atoms. The average molecular weight is 360 g/mol.